The molecule has 1 fully saturated rings. The number of rotatable bonds is 2. The van der Waals surface area contributed by atoms with E-state index >= 15 is 0 Å². The van der Waals surface area contributed by atoms with Crippen LogP contribution in [0.1, 0.15) is 19.8 Å². The fraction of sp³-hybridized carbons (Fsp3) is 0.750. The third-order valence-corrected chi connectivity index (χ3v) is 2.46. The molecule has 1 aliphatic heterocycles. The van der Waals surface area contributed by atoms with Crippen molar-refractivity contribution in [1.82, 2.24) is 5.32 Å². The van der Waals surface area contributed by atoms with Crippen LogP contribution in [0.2, 0.25) is 0 Å². The van der Waals surface area contributed by atoms with Crippen LogP contribution in [-0.4, -0.2) is 29.9 Å². The summed E-state index contributed by atoms with van der Waals surface area (Å²) in [4.78, 5) is 21.1. The third kappa shape index (κ3) is 1.94. The number of nitrogens with one attached hydrogen (secondary N) is 1. The normalized spacial score (nSPS) is 28.0. The first-order valence-electron chi connectivity index (χ1n) is 4.25. The molecular weight excluding hydrogens is 194 g/mol. The lowest BCUT2D eigenvalue weighted by Gasteiger charge is -2.27. The Hall–Kier alpha value is -0.770. The molecule has 0 aromatic carbocycles. The van der Waals surface area contributed by atoms with Crippen molar-refractivity contribution >= 4 is 23.5 Å². The van der Waals surface area contributed by atoms with Crippen LogP contribution in [0, 0.1) is 0 Å². The molecule has 0 saturated carbocycles. The Morgan fingerprint density at radius 3 is 3.00 bits per heavy atom. The molecule has 13 heavy (non-hydrogen) atoms. The molecule has 0 aromatic rings. The standard InChI is InChI=1S/C8H12ClNO3/c1-2-13-7(12)8(9)4-3-5-10-6(8)11/h2-5H2,1H3,(H,10,11)/t8-/m0/s1. The van der Waals surface area contributed by atoms with Crippen LogP contribution >= 0.6 is 11.6 Å². The molecule has 1 heterocycles. The Morgan fingerprint density at radius 1 is 1.77 bits per heavy atom. The fourth-order valence-electron chi connectivity index (χ4n) is 1.23. The average molecular weight is 206 g/mol. The second kappa shape index (κ2) is 3.96. The second-order valence-electron chi connectivity index (χ2n) is 2.88. The fourth-order valence-corrected chi connectivity index (χ4v) is 1.48. The smallest absolute Gasteiger partial charge is 0.336 e. The van der Waals surface area contributed by atoms with E-state index < -0.39 is 16.8 Å². The Bertz CT molecular complexity index is 231. The zero-order valence-electron chi connectivity index (χ0n) is 7.43. The van der Waals surface area contributed by atoms with E-state index in [1.165, 1.54) is 0 Å². The third-order valence-electron chi connectivity index (χ3n) is 1.94. The molecule has 1 atom stereocenters. The number of ether oxygens (including phenoxy) is 1. The minimum absolute atomic E-state index is 0.237. The van der Waals surface area contributed by atoms with E-state index in [1.807, 2.05) is 0 Å². The van der Waals surface area contributed by atoms with Crippen molar-refractivity contribution in [3.05, 3.63) is 0 Å². The van der Waals surface area contributed by atoms with E-state index in [-0.39, 0.29) is 6.61 Å². The first kappa shape index (κ1) is 10.3. The largest absolute Gasteiger partial charge is 0.464 e. The lowest BCUT2D eigenvalue weighted by Crippen LogP contribution is -2.53. The number of piperidine rings is 1. The number of hydrogen-bond acceptors (Lipinski definition) is 3. The van der Waals surface area contributed by atoms with Gasteiger partial charge in [-0.3, -0.25) is 4.79 Å². The topological polar surface area (TPSA) is 55.4 Å². The summed E-state index contributed by atoms with van der Waals surface area (Å²) in [6.07, 6.45) is 1.05. The van der Waals surface area contributed by atoms with Crippen LogP contribution in [0.4, 0.5) is 0 Å². The van der Waals surface area contributed by atoms with E-state index in [4.69, 9.17) is 16.3 Å². The van der Waals surface area contributed by atoms with Crippen LogP contribution in [0.3, 0.4) is 0 Å². The summed E-state index contributed by atoms with van der Waals surface area (Å²) in [5.74, 6) is -1.09. The molecule has 0 spiro atoms. The number of halogens is 1. The number of carbonyl (C=O) groups is 2. The lowest BCUT2D eigenvalue weighted by atomic mass is 9.98. The minimum atomic E-state index is -1.49. The highest BCUT2D eigenvalue weighted by Gasteiger charge is 2.46. The van der Waals surface area contributed by atoms with Crippen LogP contribution < -0.4 is 5.32 Å². The van der Waals surface area contributed by atoms with E-state index in [2.05, 4.69) is 5.32 Å². The summed E-state index contributed by atoms with van der Waals surface area (Å²) in [6.45, 7) is 2.49. The van der Waals surface area contributed by atoms with Crippen molar-refractivity contribution in [3.8, 4) is 0 Å². The molecule has 0 radical (unpaired) electrons. The van der Waals surface area contributed by atoms with Gasteiger partial charge in [-0.15, -0.1) is 0 Å². The monoisotopic (exact) mass is 205 g/mol. The summed E-state index contributed by atoms with van der Waals surface area (Å²) >= 11 is 5.87. The van der Waals surface area contributed by atoms with Gasteiger partial charge in [-0.1, -0.05) is 11.6 Å². The quantitative estimate of drug-likeness (QED) is 0.404. The molecule has 5 heteroatoms. The van der Waals surface area contributed by atoms with Crippen molar-refractivity contribution in [1.29, 1.82) is 0 Å². The van der Waals surface area contributed by atoms with Gasteiger partial charge in [-0.2, -0.15) is 0 Å². The summed E-state index contributed by atoms with van der Waals surface area (Å²) in [5, 5.41) is 2.54. The van der Waals surface area contributed by atoms with Gasteiger partial charge in [-0.25, -0.2) is 4.79 Å². The molecular formula is C8H12ClNO3. The van der Waals surface area contributed by atoms with Gasteiger partial charge in [-0.05, 0) is 19.8 Å². The molecule has 1 rings (SSSR count). The highest BCUT2D eigenvalue weighted by Crippen LogP contribution is 2.26. The Kier molecular flexibility index (Phi) is 3.14. The van der Waals surface area contributed by atoms with Crippen molar-refractivity contribution in [3.63, 3.8) is 0 Å². The number of esters is 1. The van der Waals surface area contributed by atoms with Gasteiger partial charge >= 0.3 is 5.97 Å². The molecule has 0 bridgehead atoms. The Balaban J connectivity index is 2.71. The molecule has 0 aromatic heterocycles. The SMILES string of the molecule is CCOC(=O)[C@]1(Cl)CCCNC1=O. The first-order valence-corrected chi connectivity index (χ1v) is 4.63. The predicted molar refractivity (Wildman–Crippen MR) is 47.5 cm³/mol. The molecule has 4 nitrogen and oxygen atoms in total. The number of carbonyl (C=O) groups excluding carboxylic acids is 2. The minimum Gasteiger partial charge on any atom is -0.464 e. The molecule has 0 aliphatic carbocycles. The first-order chi connectivity index (χ1) is 6.11. The summed E-state index contributed by atoms with van der Waals surface area (Å²) < 4.78 is 4.72. The Labute approximate surface area is 81.6 Å². The number of amides is 1. The van der Waals surface area contributed by atoms with Gasteiger partial charge in [0, 0.05) is 6.54 Å². The van der Waals surface area contributed by atoms with E-state index in [0.29, 0.717) is 19.4 Å². The van der Waals surface area contributed by atoms with Gasteiger partial charge < -0.3 is 10.1 Å². The molecule has 1 N–H and O–H groups in total. The summed E-state index contributed by atoms with van der Waals surface area (Å²) in [5.41, 5.74) is 0. The molecule has 74 valence electrons. The van der Waals surface area contributed by atoms with Crippen molar-refractivity contribution in [2.45, 2.75) is 24.6 Å². The molecule has 0 unspecified atom stereocenters. The average Bonchev–Trinajstić information content (AvgIpc) is 2.11. The van der Waals surface area contributed by atoms with Gasteiger partial charge in [0.2, 0.25) is 4.87 Å². The maximum atomic E-state index is 11.3. The lowest BCUT2D eigenvalue weighted by molar-refractivity contribution is -0.151. The highest BCUT2D eigenvalue weighted by molar-refractivity contribution is 6.45. The van der Waals surface area contributed by atoms with Crippen LogP contribution in [0.5, 0.6) is 0 Å². The van der Waals surface area contributed by atoms with Crippen molar-refractivity contribution in [2.75, 3.05) is 13.2 Å². The zero-order chi connectivity index (χ0) is 9.90. The maximum absolute atomic E-state index is 11.3. The van der Waals surface area contributed by atoms with Crippen molar-refractivity contribution in [2.24, 2.45) is 0 Å². The van der Waals surface area contributed by atoms with Crippen LogP contribution in [0.15, 0.2) is 0 Å². The second-order valence-corrected chi connectivity index (χ2v) is 3.53. The summed E-state index contributed by atoms with van der Waals surface area (Å²) in [7, 11) is 0. The van der Waals surface area contributed by atoms with Crippen LogP contribution in [0.25, 0.3) is 0 Å². The van der Waals surface area contributed by atoms with E-state index in [0.717, 1.165) is 0 Å². The van der Waals surface area contributed by atoms with Gasteiger partial charge in [0.1, 0.15) is 0 Å². The molecule has 1 saturated heterocycles. The summed E-state index contributed by atoms with van der Waals surface area (Å²) in [6, 6.07) is 0. The van der Waals surface area contributed by atoms with E-state index in [1.54, 1.807) is 6.92 Å². The zero-order valence-corrected chi connectivity index (χ0v) is 8.19. The van der Waals surface area contributed by atoms with Gasteiger partial charge in [0.25, 0.3) is 5.91 Å². The van der Waals surface area contributed by atoms with Crippen LogP contribution in [-0.2, 0) is 14.3 Å². The Morgan fingerprint density at radius 2 is 2.46 bits per heavy atom. The van der Waals surface area contributed by atoms with Crippen molar-refractivity contribution < 1.29 is 14.3 Å². The highest BCUT2D eigenvalue weighted by atomic mass is 35.5. The predicted octanol–water partition coefficient (Wildman–Crippen LogP) is 0.437. The van der Waals surface area contributed by atoms with Gasteiger partial charge in [0.05, 0.1) is 6.61 Å². The van der Waals surface area contributed by atoms with Gasteiger partial charge in [0.15, 0.2) is 0 Å². The number of hydrogen-bond donors (Lipinski definition) is 1. The molecule has 1 aliphatic rings. The van der Waals surface area contributed by atoms with E-state index in [9.17, 15) is 9.59 Å². The molecule has 1 amide bonds. The number of alkyl halides is 1. The maximum Gasteiger partial charge on any atom is 0.336 e.